The van der Waals surface area contributed by atoms with Gasteiger partial charge in [0, 0.05) is 29.9 Å². The SMILES string of the molecule is CCNC(=O)c1ccc(CNC(=O)Nc2ccc(NC(=O)c3ccccc3)cc2C(F)(F)F)cc1. The first-order valence-electron chi connectivity index (χ1n) is 10.7. The van der Waals surface area contributed by atoms with Crippen LogP contribution in [0.2, 0.25) is 0 Å². The van der Waals surface area contributed by atoms with Gasteiger partial charge in [-0.05, 0) is 55.0 Å². The fourth-order valence-corrected chi connectivity index (χ4v) is 3.14. The predicted molar refractivity (Wildman–Crippen MR) is 126 cm³/mol. The topological polar surface area (TPSA) is 99.3 Å². The number of hydrogen-bond donors (Lipinski definition) is 4. The number of carbonyl (C=O) groups excluding carboxylic acids is 3. The van der Waals surface area contributed by atoms with Crippen LogP contribution in [0.3, 0.4) is 0 Å². The van der Waals surface area contributed by atoms with E-state index in [1.807, 2.05) is 0 Å². The van der Waals surface area contributed by atoms with E-state index >= 15 is 0 Å². The average molecular weight is 484 g/mol. The summed E-state index contributed by atoms with van der Waals surface area (Å²) in [5, 5.41) is 9.77. The average Bonchev–Trinajstić information content (AvgIpc) is 2.84. The number of urea groups is 1. The Morgan fingerprint density at radius 1 is 0.771 bits per heavy atom. The molecule has 3 aromatic rings. The summed E-state index contributed by atoms with van der Waals surface area (Å²) in [5.41, 5.74) is -0.229. The molecule has 0 aromatic heterocycles. The number of rotatable bonds is 7. The zero-order valence-corrected chi connectivity index (χ0v) is 18.7. The summed E-state index contributed by atoms with van der Waals surface area (Å²) in [6.45, 7) is 2.32. The highest BCUT2D eigenvalue weighted by Crippen LogP contribution is 2.36. The third kappa shape index (κ3) is 7.07. The molecular weight excluding hydrogens is 461 g/mol. The standard InChI is InChI=1S/C25H23F3N4O3/c1-2-29-22(33)18-10-8-16(9-11-18)15-30-24(35)32-21-13-12-19(14-20(21)25(26,27)28)31-23(34)17-6-4-3-5-7-17/h3-14H,2,15H2,1H3,(H,29,33)(H,31,34)(H2,30,32,35). The normalized spacial score (nSPS) is 10.9. The third-order valence-electron chi connectivity index (χ3n) is 4.87. The molecule has 3 rings (SSSR count). The van der Waals surface area contributed by atoms with Crippen molar-refractivity contribution in [3.05, 3.63) is 95.1 Å². The van der Waals surface area contributed by atoms with E-state index in [1.165, 1.54) is 18.2 Å². The first kappa shape index (κ1) is 25.3. The van der Waals surface area contributed by atoms with Gasteiger partial charge in [-0.3, -0.25) is 9.59 Å². The number of nitrogens with one attached hydrogen (secondary N) is 4. The summed E-state index contributed by atoms with van der Waals surface area (Å²) in [6, 6.07) is 16.8. The fourth-order valence-electron chi connectivity index (χ4n) is 3.14. The quantitative estimate of drug-likeness (QED) is 0.379. The number of anilines is 2. The van der Waals surface area contributed by atoms with Gasteiger partial charge >= 0.3 is 12.2 Å². The van der Waals surface area contributed by atoms with Gasteiger partial charge in [0.25, 0.3) is 11.8 Å². The van der Waals surface area contributed by atoms with Gasteiger partial charge in [-0.25, -0.2) is 4.79 Å². The summed E-state index contributed by atoms with van der Waals surface area (Å²) < 4.78 is 40.9. The van der Waals surface area contributed by atoms with Crippen LogP contribution in [0.15, 0.2) is 72.8 Å². The summed E-state index contributed by atoms with van der Waals surface area (Å²) in [7, 11) is 0. The Labute approximate surface area is 199 Å². The molecule has 0 saturated carbocycles. The van der Waals surface area contributed by atoms with Gasteiger partial charge in [-0.15, -0.1) is 0 Å². The highest BCUT2D eigenvalue weighted by molar-refractivity contribution is 6.04. The molecule has 0 aliphatic rings. The molecule has 35 heavy (non-hydrogen) atoms. The van der Waals surface area contributed by atoms with Crippen LogP contribution in [0.25, 0.3) is 0 Å². The molecule has 7 nitrogen and oxygen atoms in total. The van der Waals surface area contributed by atoms with E-state index in [2.05, 4.69) is 21.3 Å². The van der Waals surface area contributed by atoms with E-state index in [9.17, 15) is 27.6 Å². The predicted octanol–water partition coefficient (Wildman–Crippen LogP) is 5.03. The number of benzene rings is 3. The van der Waals surface area contributed by atoms with Crippen LogP contribution in [-0.2, 0) is 12.7 Å². The highest BCUT2D eigenvalue weighted by Gasteiger charge is 2.34. The number of halogens is 3. The maximum absolute atomic E-state index is 13.6. The van der Waals surface area contributed by atoms with Gasteiger partial charge in [-0.1, -0.05) is 30.3 Å². The Morgan fingerprint density at radius 2 is 1.43 bits per heavy atom. The van der Waals surface area contributed by atoms with E-state index in [1.54, 1.807) is 49.4 Å². The van der Waals surface area contributed by atoms with Gasteiger partial charge in [0.2, 0.25) is 0 Å². The molecule has 0 aliphatic carbocycles. The van der Waals surface area contributed by atoms with Crippen molar-refractivity contribution in [1.82, 2.24) is 10.6 Å². The van der Waals surface area contributed by atoms with Gasteiger partial charge in [0.05, 0.1) is 11.3 Å². The van der Waals surface area contributed by atoms with E-state index in [-0.39, 0.29) is 18.1 Å². The van der Waals surface area contributed by atoms with Crippen molar-refractivity contribution in [2.24, 2.45) is 0 Å². The number of amides is 4. The molecule has 4 N–H and O–H groups in total. The maximum Gasteiger partial charge on any atom is 0.418 e. The van der Waals surface area contributed by atoms with Crippen molar-refractivity contribution >= 4 is 29.2 Å². The van der Waals surface area contributed by atoms with Gasteiger partial charge in [0.15, 0.2) is 0 Å². The van der Waals surface area contributed by atoms with Gasteiger partial charge in [-0.2, -0.15) is 13.2 Å². The van der Waals surface area contributed by atoms with Gasteiger partial charge < -0.3 is 21.3 Å². The van der Waals surface area contributed by atoms with Crippen molar-refractivity contribution in [2.45, 2.75) is 19.6 Å². The Hall–Kier alpha value is -4.34. The molecule has 0 aliphatic heterocycles. The zero-order valence-electron chi connectivity index (χ0n) is 18.7. The van der Waals surface area contributed by atoms with Crippen molar-refractivity contribution in [3.63, 3.8) is 0 Å². The Morgan fingerprint density at radius 3 is 2.06 bits per heavy atom. The molecular formula is C25H23F3N4O3. The third-order valence-corrected chi connectivity index (χ3v) is 4.87. The summed E-state index contributed by atoms with van der Waals surface area (Å²) >= 11 is 0. The number of hydrogen-bond acceptors (Lipinski definition) is 3. The Kier molecular flexibility index (Phi) is 8.08. The van der Waals surface area contributed by atoms with Crippen molar-refractivity contribution in [3.8, 4) is 0 Å². The van der Waals surface area contributed by atoms with Crippen molar-refractivity contribution in [2.75, 3.05) is 17.2 Å². The lowest BCUT2D eigenvalue weighted by atomic mass is 10.1. The molecule has 0 radical (unpaired) electrons. The van der Waals surface area contributed by atoms with Gasteiger partial charge in [0.1, 0.15) is 0 Å². The summed E-state index contributed by atoms with van der Waals surface area (Å²) in [6.07, 6.45) is -4.77. The minimum absolute atomic E-state index is 0.0358. The van der Waals surface area contributed by atoms with Crippen molar-refractivity contribution < 1.29 is 27.6 Å². The maximum atomic E-state index is 13.6. The van der Waals surface area contributed by atoms with E-state index in [0.717, 1.165) is 12.1 Å². The second-order valence-electron chi connectivity index (χ2n) is 7.44. The second-order valence-corrected chi connectivity index (χ2v) is 7.44. The molecule has 182 valence electrons. The second kappa shape index (κ2) is 11.2. The molecule has 3 aromatic carbocycles. The lowest BCUT2D eigenvalue weighted by molar-refractivity contribution is -0.136. The van der Waals surface area contributed by atoms with Crippen LogP contribution in [0.1, 0.15) is 38.8 Å². The highest BCUT2D eigenvalue weighted by atomic mass is 19.4. The lowest BCUT2D eigenvalue weighted by Gasteiger charge is -2.16. The molecule has 0 unspecified atom stereocenters. The first-order valence-corrected chi connectivity index (χ1v) is 10.7. The molecule has 0 spiro atoms. The molecule has 0 bridgehead atoms. The van der Waals surface area contributed by atoms with Crippen LogP contribution >= 0.6 is 0 Å². The largest absolute Gasteiger partial charge is 0.418 e. The Balaban J connectivity index is 1.65. The number of carbonyl (C=O) groups is 3. The smallest absolute Gasteiger partial charge is 0.352 e. The zero-order chi connectivity index (χ0) is 25.4. The van der Waals surface area contributed by atoms with Crippen LogP contribution in [0, 0.1) is 0 Å². The van der Waals surface area contributed by atoms with E-state index in [4.69, 9.17) is 0 Å². The summed E-state index contributed by atoms with van der Waals surface area (Å²) in [4.78, 5) is 36.3. The first-order chi connectivity index (χ1) is 16.7. The molecule has 0 heterocycles. The molecule has 0 fully saturated rings. The number of alkyl halides is 3. The minimum atomic E-state index is -4.77. The minimum Gasteiger partial charge on any atom is -0.352 e. The molecule has 0 saturated heterocycles. The fraction of sp³-hybridized carbons (Fsp3) is 0.160. The van der Waals surface area contributed by atoms with Crippen LogP contribution in [0.4, 0.5) is 29.3 Å². The molecule has 0 atom stereocenters. The molecule has 4 amide bonds. The van der Waals surface area contributed by atoms with Crippen LogP contribution < -0.4 is 21.3 Å². The monoisotopic (exact) mass is 484 g/mol. The van der Waals surface area contributed by atoms with E-state index in [0.29, 0.717) is 23.2 Å². The summed E-state index contributed by atoms with van der Waals surface area (Å²) in [5.74, 6) is -0.789. The van der Waals surface area contributed by atoms with Crippen LogP contribution in [0.5, 0.6) is 0 Å². The van der Waals surface area contributed by atoms with E-state index < -0.39 is 29.4 Å². The lowest BCUT2D eigenvalue weighted by Crippen LogP contribution is -2.29. The molecule has 10 heteroatoms. The van der Waals surface area contributed by atoms with Crippen molar-refractivity contribution in [1.29, 1.82) is 0 Å². The Bertz CT molecular complexity index is 1200. The van der Waals surface area contributed by atoms with Crippen LogP contribution in [-0.4, -0.2) is 24.4 Å².